The highest BCUT2D eigenvalue weighted by molar-refractivity contribution is 5.98. The van der Waals surface area contributed by atoms with E-state index >= 15 is 0 Å². The van der Waals surface area contributed by atoms with Crippen LogP contribution in [0, 0.1) is 0 Å². The van der Waals surface area contributed by atoms with Crippen LogP contribution in [-0.4, -0.2) is 90.1 Å². The number of carbonyl (C=O) groups excluding carboxylic acids is 2. The predicted octanol–water partition coefficient (Wildman–Crippen LogP) is 1.12. The Kier molecular flexibility index (Phi) is 5.81. The first-order valence-electron chi connectivity index (χ1n) is 10.9. The molecule has 0 N–H and O–H groups in total. The normalized spacial score (nSPS) is 21.8. The Hall–Kier alpha value is -2.42. The number of hydrogen-bond donors (Lipinski definition) is 0. The molecule has 0 aliphatic carbocycles. The first kappa shape index (κ1) is 20.8. The van der Waals surface area contributed by atoms with E-state index in [0.717, 1.165) is 30.8 Å². The van der Waals surface area contributed by atoms with E-state index in [9.17, 15) is 9.59 Å². The molecule has 1 atom stereocenters. The summed E-state index contributed by atoms with van der Waals surface area (Å²) in [4.78, 5) is 42.6. The molecule has 3 aliphatic rings. The van der Waals surface area contributed by atoms with Gasteiger partial charge in [0.25, 0.3) is 5.91 Å². The van der Waals surface area contributed by atoms with Gasteiger partial charge in [-0.15, -0.1) is 0 Å². The summed E-state index contributed by atoms with van der Waals surface area (Å²) < 4.78 is 5.45. The van der Waals surface area contributed by atoms with Crippen LogP contribution in [0.1, 0.15) is 49.7 Å². The summed E-state index contributed by atoms with van der Waals surface area (Å²) in [7, 11) is 1.73. The number of amides is 2. The molecule has 0 spiro atoms. The van der Waals surface area contributed by atoms with Gasteiger partial charge in [-0.2, -0.15) is 4.98 Å². The number of fused-ring (bicyclic) bond motifs is 1. The van der Waals surface area contributed by atoms with Gasteiger partial charge in [0.1, 0.15) is 11.5 Å². The Morgan fingerprint density at radius 1 is 1.17 bits per heavy atom. The monoisotopic (exact) mass is 416 g/mol. The first-order chi connectivity index (χ1) is 14.4. The number of hydrogen-bond acceptors (Lipinski definition) is 7. The van der Waals surface area contributed by atoms with Gasteiger partial charge in [-0.25, -0.2) is 4.98 Å². The summed E-state index contributed by atoms with van der Waals surface area (Å²) in [5, 5.41) is 0. The number of anilines is 2. The average molecular weight is 417 g/mol. The molecule has 2 amide bonds. The SMILES string of the molecule is COC[C@H]1CCCN1c1nc(N2CCN(C(C)=O)CC2)nc2c1CN(C(C)C)C2=O. The van der Waals surface area contributed by atoms with Crippen LogP contribution in [0.5, 0.6) is 0 Å². The van der Waals surface area contributed by atoms with Crippen molar-refractivity contribution >= 4 is 23.6 Å². The van der Waals surface area contributed by atoms with Crippen molar-refractivity contribution in [1.29, 1.82) is 0 Å². The minimum atomic E-state index is -0.0187. The highest BCUT2D eigenvalue weighted by Gasteiger charge is 2.38. The number of methoxy groups -OCH3 is 1. The summed E-state index contributed by atoms with van der Waals surface area (Å²) in [5.41, 5.74) is 1.46. The van der Waals surface area contributed by atoms with E-state index in [0.29, 0.717) is 51.0 Å². The van der Waals surface area contributed by atoms with Crippen LogP contribution in [0.4, 0.5) is 11.8 Å². The second-order valence-electron chi connectivity index (χ2n) is 8.64. The lowest BCUT2D eigenvalue weighted by Gasteiger charge is -2.35. The molecular formula is C21H32N6O3. The summed E-state index contributed by atoms with van der Waals surface area (Å²) in [6.45, 7) is 10.4. The summed E-state index contributed by atoms with van der Waals surface area (Å²) in [6.07, 6.45) is 2.14. The minimum Gasteiger partial charge on any atom is -0.383 e. The van der Waals surface area contributed by atoms with Gasteiger partial charge in [0.15, 0.2) is 0 Å². The molecule has 164 valence electrons. The van der Waals surface area contributed by atoms with Gasteiger partial charge in [0.2, 0.25) is 11.9 Å². The summed E-state index contributed by atoms with van der Waals surface area (Å²) in [5.74, 6) is 1.54. The molecule has 3 aliphatic heterocycles. The van der Waals surface area contributed by atoms with Crippen LogP contribution in [0.3, 0.4) is 0 Å². The summed E-state index contributed by atoms with van der Waals surface area (Å²) in [6, 6.07) is 0.370. The van der Waals surface area contributed by atoms with E-state index in [-0.39, 0.29) is 23.9 Å². The zero-order valence-electron chi connectivity index (χ0n) is 18.4. The van der Waals surface area contributed by atoms with Crippen molar-refractivity contribution in [2.75, 3.05) is 56.2 Å². The summed E-state index contributed by atoms with van der Waals surface area (Å²) >= 11 is 0. The Morgan fingerprint density at radius 3 is 2.53 bits per heavy atom. The Balaban J connectivity index is 1.70. The van der Waals surface area contributed by atoms with Gasteiger partial charge < -0.3 is 24.3 Å². The molecule has 9 heteroatoms. The molecule has 2 fully saturated rings. The first-order valence-corrected chi connectivity index (χ1v) is 10.9. The van der Waals surface area contributed by atoms with Crippen LogP contribution in [0.2, 0.25) is 0 Å². The van der Waals surface area contributed by atoms with Crippen LogP contribution in [-0.2, 0) is 16.1 Å². The quantitative estimate of drug-likeness (QED) is 0.711. The molecule has 0 bridgehead atoms. The molecule has 30 heavy (non-hydrogen) atoms. The number of ether oxygens (including phenoxy) is 1. The minimum absolute atomic E-state index is 0.0187. The predicted molar refractivity (Wildman–Crippen MR) is 114 cm³/mol. The van der Waals surface area contributed by atoms with Crippen LogP contribution < -0.4 is 9.80 Å². The number of nitrogens with zero attached hydrogens (tertiary/aromatic N) is 6. The van der Waals surface area contributed by atoms with E-state index < -0.39 is 0 Å². The molecule has 4 heterocycles. The molecule has 0 radical (unpaired) electrons. The topological polar surface area (TPSA) is 82.1 Å². The standard InChI is InChI=1S/C21H32N6O3/c1-14(2)27-12-17-18(20(27)29)22-21(25-10-8-24(9-11-25)15(3)28)23-19(17)26-7-5-6-16(26)13-30-4/h14,16H,5-13H2,1-4H3/t16-/m1/s1. The molecular weight excluding hydrogens is 384 g/mol. The Morgan fingerprint density at radius 2 is 1.90 bits per heavy atom. The molecule has 4 rings (SSSR count). The van der Waals surface area contributed by atoms with Crippen LogP contribution in [0.15, 0.2) is 0 Å². The maximum absolute atomic E-state index is 13.1. The molecule has 1 aromatic heterocycles. The third kappa shape index (κ3) is 3.71. The van der Waals surface area contributed by atoms with Crippen molar-refractivity contribution in [3.63, 3.8) is 0 Å². The number of piperazine rings is 1. The third-order valence-electron chi connectivity index (χ3n) is 6.40. The lowest BCUT2D eigenvalue weighted by molar-refractivity contribution is -0.129. The lowest BCUT2D eigenvalue weighted by atomic mass is 10.2. The van der Waals surface area contributed by atoms with Crippen LogP contribution in [0.25, 0.3) is 0 Å². The molecule has 0 unspecified atom stereocenters. The van der Waals surface area contributed by atoms with Crippen molar-refractivity contribution in [2.45, 2.75) is 52.2 Å². The van der Waals surface area contributed by atoms with E-state index in [4.69, 9.17) is 14.7 Å². The zero-order chi connectivity index (χ0) is 21.4. The maximum Gasteiger partial charge on any atom is 0.273 e. The molecule has 1 aromatic rings. The van der Waals surface area contributed by atoms with Crippen molar-refractivity contribution in [3.05, 3.63) is 11.3 Å². The van der Waals surface area contributed by atoms with Gasteiger partial charge in [-0.3, -0.25) is 9.59 Å². The van der Waals surface area contributed by atoms with Crippen molar-refractivity contribution in [3.8, 4) is 0 Å². The van der Waals surface area contributed by atoms with E-state index in [1.807, 2.05) is 23.6 Å². The lowest BCUT2D eigenvalue weighted by Crippen LogP contribution is -2.48. The van der Waals surface area contributed by atoms with Crippen molar-refractivity contribution in [1.82, 2.24) is 19.8 Å². The Bertz CT molecular complexity index is 821. The maximum atomic E-state index is 13.1. The van der Waals surface area contributed by atoms with Crippen LogP contribution >= 0.6 is 0 Å². The molecule has 2 saturated heterocycles. The zero-order valence-corrected chi connectivity index (χ0v) is 18.4. The highest BCUT2D eigenvalue weighted by Crippen LogP contribution is 2.35. The van der Waals surface area contributed by atoms with E-state index in [1.165, 1.54) is 0 Å². The molecule has 9 nitrogen and oxygen atoms in total. The van der Waals surface area contributed by atoms with Crippen molar-refractivity contribution in [2.24, 2.45) is 0 Å². The van der Waals surface area contributed by atoms with Gasteiger partial charge in [-0.05, 0) is 26.7 Å². The number of carbonyl (C=O) groups is 2. The fourth-order valence-electron chi connectivity index (χ4n) is 4.66. The number of rotatable bonds is 5. The number of aromatic nitrogens is 2. The molecule has 0 aromatic carbocycles. The van der Waals surface area contributed by atoms with Gasteiger partial charge in [-0.1, -0.05) is 0 Å². The van der Waals surface area contributed by atoms with Gasteiger partial charge in [0, 0.05) is 58.4 Å². The van der Waals surface area contributed by atoms with Gasteiger partial charge in [0.05, 0.1) is 19.2 Å². The second kappa shape index (κ2) is 8.37. The smallest absolute Gasteiger partial charge is 0.273 e. The van der Waals surface area contributed by atoms with E-state index in [1.54, 1.807) is 14.0 Å². The Labute approximate surface area is 178 Å². The fourth-order valence-corrected chi connectivity index (χ4v) is 4.66. The second-order valence-corrected chi connectivity index (χ2v) is 8.64. The average Bonchev–Trinajstić information content (AvgIpc) is 3.32. The van der Waals surface area contributed by atoms with Crippen molar-refractivity contribution < 1.29 is 14.3 Å². The fraction of sp³-hybridized carbons (Fsp3) is 0.714. The van der Waals surface area contributed by atoms with E-state index in [2.05, 4.69) is 9.80 Å². The van der Waals surface area contributed by atoms with Gasteiger partial charge >= 0.3 is 0 Å². The molecule has 0 saturated carbocycles. The largest absolute Gasteiger partial charge is 0.383 e. The highest BCUT2D eigenvalue weighted by atomic mass is 16.5. The third-order valence-corrected chi connectivity index (χ3v) is 6.40.